The lowest BCUT2D eigenvalue weighted by Gasteiger charge is -2.21. The summed E-state index contributed by atoms with van der Waals surface area (Å²) in [4.78, 5) is 2.01. The van der Waals surface area contributed by atoms with E-state index in [9.17, 15) is 17.6 Å². The second-order valence-corrected chi connectivity index (χ2v) is 6.16. The number of rotatable bonds is 2. The first-order chi connectivity index (χ1) is 9.84. The van der Waals surface area contributed by atoms with Crippen molar-refractivity contribution in [2.75, 3.05) is 13.1 Å². The zero-order chi connectivity index (χ0) is 15.2. The van der Waals surface area contributed by atoms with Gasteiger partial charge in [-0.3, -0.25) is 4.90 Å². The van der Waals surface area contributed by atoms with Crippen molar-refractivity contribution in [2.24, 2.45) is 17.6 Å². The van der Waals surface area contributed by atoms with Crippen LogP contribution < -0.4 is 5.73 Å². The molecule has 0 spiro atoms. The maximum Gasteiger partial charge on any atom is 0.416 e. The highest BCUT2D eigenvalue weighted by Crippen LogP contribution is 2.39. The van der Waals surface area contributed by atoms with Crippen molar-refractivity contribution in [1.29, 1.82) is 0 Å². The van der Waals surface area contributed by atoms with E-state index < -0.39 is 17.6 Å². The number of halogens is 4. The standard InChI is InChI=1S/C15H18F4N2/c16-11-3-1-10(13(5-11)15(17,18)19)7-21-6-9-2-4-14(20)12(9)8-21/h1,3,5,9,12,14H,2,4,6-8,20H2. The second-order valence-electron chi connectivity index (χ2n) is 6.16. The second kappa shape index (κ2) is 5.25. The van der Waals surface area contributed by atoms with Crippen LogP contribution in [0.15, 0.2) is 18.2 Å². The normalized spacial score (nSPS) is 29.9. The summed E-state index contributed by atoms with van der Waals surface area (Å²) in [5.74, 6) is 0.0287. The summed E-state index contributed by atoms with van der Waals surface area (Å²) >= 11 is 0. The van der Waals surface area contributed by atoms with Gasteiger partial charge in [0, 0.05) is 25.7 Å². The highest BCUT2D eigenvalue weighted by Gasteiger charge is 2.41. The predicted molar refractivity (Wildman–Crippen MR) is 70.9 cm³/mol. The minimum Gasteiger partial charge on any atom is -0.327 e. The molecule has 2 aliphatic rings. The van der Waals surface area contributed by atoms with E-state index in [4.69, 9.17) is 5.73 Å². The van der Waals surface area contributed by atoms with Gasteiger partial charge in [-0.15, -0.1) is 0 Å². The molecule has 2 nitrogen and oxygen atoms in total. The van der Waals surface area contributed by atoms with Crippen LogP contribution in [0.4, 0.5) is 17.6 Å². The summed E-state index contributed by atoms with van der Waals surface area (Å²) in [5.41, 5.74) is 5.30. The molecule has 1 aromatic rings. The lowest BCUT2D eigenvalue weighted by molar-refractivity contribution is -0.138. The molecule has 1 aromatic carbocycles. The average molecular weight is 302 g/mol. The molecule has 0 amide bonds. The van der Waals surface area contributed by atoms with Gasteiger partial charge in [0.15, 0.2) is 0 Å². The van der Waals surface area contributed by atoms with Crippen LogP contribution in [-0.4, -0.2) is 24.0 Å². The molecule has 0 bridgehead atoms. The van der Waals surface area contributed by atoms with Crippen molar-refractivity contribution in [2.45, 2.75) is 31.6 Å². The average Bonchev–Trinajstić information content (AvgIpc) is 2.93. The van der Waals surface area contributed by atoms with Crippen molar-refractivity contribution in [1.82, 2.24) is 4.90 Å². The molecule has 1 saturated heterocycles. The van der Waals surface area contributed by atoms with Gasteiger partial charge in [-0.25, -0.2) is 4.39 Å². The van der Waals surface area contributed by atoms with E-state index in [1.54, 1.807) is 0 Å². The fourth-order valence-electron chi connectivity index (χ4n) is 3.72. The van der Waals surface area contributed by atoms with E-state index in [-0.39, 0.29) is 18.2 Å². The van der Waals surface area contributed by atoms with Gasteiger partial charge < -0.3 is 5.73 Å². The third-order valence-electron chi connectivity index (χ3n) is 4.76. The van der Waals surface area contributed by atoms with Crippen molar-refractivity contribution < 1.29 is 17.6 Å². The molecule has 116 valence electrons. The lowest BCUT2D eigenvalue weighted by Crippen LogP contribution is -2.30. The molecule has 2 fully saturated rings. The minimum absolute atomic E-state index is 0.137. The van der Waals surface area contributed by atoms with Crippen LogP contribution in [-0.2, 0) is 12.7 Å². The van der Waals surface area contributed by atoms with Crippen LogP contribution in [0.2, 0.25) is 0 Å². The summed E-state index contributed by atoms with van der Waals surface area (Å²) in [6, 6.07) is 3.08. The van der Waals surface area contributed by atoms with Crippen LogP contribution in [0.3, 0.4) is 0 Å². The maximum atomic E-state index is 13.1. The Kier molecular flexibility index (Phi) is 3.69. The molecule has 1 aliphatic heterocycles. The summed E-state index contributed by atoms with van der Waals surface area (Å²) < 4.78 is 52.1. The molecule has 6 heteroatoms. The largest absolute Gasteiger partial charge is 0.416 e. The zero-order valence-corrected chi connectivity index (χ0v) is 11.5. The predicted octanol–water partition coefficient (Wildman–Crippen LogP) is 3.01. The fourth-order valence-corrected chi connectivity index (χ4v) is 3.72. The SMILES string of the molecule is NC1CCC2CN(Cc3ccc(F)cc3C(F)(F)F)CC12. The van der Waals surface area contributed by atoms with Crippen molar-refractivity contribution in [3.8, 4) is 0 Å². The van der Waals surface area contributed by atoms with Gasteiger partial charge in [-0.2, -0.15) is 13.2 Å². The van der Waals surface area contributed by atoms with Crippen molar-refractivity contribution in [3.05, 3.63) is 35.1 Å². The van der Waals surface area contributed by atoms with E-state index >= 15 is 0 Å². The molecule has 3 atom stereocenters. The molecular formula is C15H18F4N2. The van der Waals surface area contributed by atoms with Crippen LogP contribution in [0.5, 0.6) is 0 Å². The van der Waals surface area contributed by atoms with Crippen LogP contribution in [0.1, 0.15) is 24.0 Å². The third kappa shape index (κ3) is 2.92. The molecule has 0 radical (unpaired) electrons. The van der Waals surface area contributed by atoms with Crippen molar-refractivity contribution >= 4 is 0 Å². The molecule has 1 saturated carbocycles. The van der Waals surface area contributed by atoms with E-state index in [1.807, 2.05) is 4.90 Å². The number of nitrogens with two attached hydrogens (primary N) is 1. The summed E-state index contributed by atoms with van der Waals surface area (Å²) in [6.45, 7) is 1.72. The summed E-state index contributed by atoms with van der Waals surface area (Å²) in [5, 5.41) is 0. The molecule has 2 N–H and O–H groups in total. The Hall–Kier alpha value is -1.14. The number of likely N-dealkylation sites (tertiary alicyclic amines) is 1. The van der Waals surface area contributed by atoms with Crippen LogP contribution in [0, 0.1) is 17.7 Å². The Morgan fingerprint density at radius 1 is 1.19 bits per heavy atom. The van der Waals surface area contributed by atoms with Gasteiger partial charge in [-0.05, 0) is 42.4 Å². The smallest absolute Gasteiger partial charge is 0.327 e. The first-order valence-electron chi connectivity index (χ1n) is 7.18. The number of nitrogens with zero attached hydrogens (tertiary/aromatic N) is 1. The summed E-state index contributed by atoms with van der Waals surface area (Å²) in [6.07, 6.45) is -2.46. The number of benzene rings is 1. The van der Waals surface area contributed by atoms with Gasteiger partial charge in [0.25, 0.3) is 0 Å². The number of hydrogen-bond acceptors (Lipinski definition) is 2. The van der Waals surface area contributed by atoms with Crippen LogP contribution >= 0.6 is 0 Å². The molecule has 0 aromatic heterocycles. The zero-order valence-electron chi connectivity index (χ0n) is 11.5. The first kappa shape index (κ1) is 14.8. The van der Waals surface area contributed by atoms with Gasteiger partial charge in [-0.1, -0.05) is 6.07 Å². The third-order valence-corrected chi connectivity index (χ3v) is 4.76. The lowest BCUT2D eigenvalue weighted by atomic mass is 9.98. The van der Waals surface area contributed by atoms with Gasteiger partial charge >= 0.3 is 6.18 Å². The van der Waals surface area contributed by atoms with E-state index in [2.05, 4.69) is 0 Å². The Morgan fingerprint density at radius 3 is 2.62 bits per heavy atom. The van der Waals surface area contributed by atoms with E-state index in [1.165, 1.54) is 6.07 Å². The van der Waals surface area contributed by atoms with Gasteiger partial charge in [0.1, 0.15) is 5.82 Å². The van der Waals surface area contributed by atoms with Crippen molar-refractivity contribution in [3.63, 3.8) is 0 Å². The molecule has 1 aliphatic carbocycles. The Labute approximate surface area is 120 Å². The minimum atomic E-state index is -4.52. The topological polar surface area (TPSA) is 29.3 Å². The Morgan fingerprint density at radius 2 is 1.95 bits per heavy atom. The molecule has 21 heavy (non-hydrogen) atoms. The fraction of sp³-hybridized carbons (Fsp3) is 0.600. The quantitative estimate of drug-likeness (QED) is 0.851. The molecule has 1 heterocycles. The molecular weight excluding hydrogens is 284 g/mol. The van der Waals surface area contributed by atoms with E-state index in [0.717, 1.165) is 32.0 Å². The van der Waals surface area contributed by atoms with Crippen LogP contribution in [0.25, 0.3) is 0 Å². The van der Waals surface area contributed by atoms with Gasteiger partial charge in [0.2, 0.25) is 0 Å². The highest BCUT2D eigenvalue weighted by molar-refractivity contribution is 5.30. The van der Waals surface area contributed by atoms with Gasteiger partial charge in [0.05, 0.1) is 5.56 Å². The molecule has 3 unspecified atom stereocenters. The monoisotopic (exact) mass is 302 g/mol. The van der Waals surface area contributed by atoms with E-state index in [0.29, 0.717) is 17.9 Å². The Bertz CT molecular complexity index is 529. The summed E-state index contributed by atoms with van der Waals surface area (Å²) in [7, 11) is 0. The maximum absolute atomic E-state index is 13.1. The highest BCUT2D eigenvalue weighted by atomic mass is 19.4. The first-order valence-corrected chi connectivity index (χ1v) is 7.18. The number of alkyl halides is 3. The number of fused-ring (bicyclic) bond motifs is 1. The number of hydrogen-bond donors (Lipinski definition) is 1. The Balaban J connectivity index is 1.77. The molecule has 3 rings (SSSR count).